The van der Waals surface area contributed by atoms with Crippen molar-refractivity contribution in [3.05, 3.63) is 0 Å². The molecule has 4 heteroatoms. The van der Waals surface area contributed by atoms with Crippen molar-refractivity contribution in [2.45, 2.75) is 50.2 Å². The molecule has 1 amide bonds. The zero-order valence-electron chi connectivity index (χ0n) is 9.33. The van der Waals surface area contributed by atoms with Crippen LogP contribution in [0.4, 0.5) is 0 Å². The Balaban J connectivity index is 1.93. The summed E-state index contributed by atoms with van der Waals surface area (Å²) in [5.41, 5.74) is 4.81. The van der Waals surface area contributed by atoms with E-state index in [0.29, 0.717) is 25.9 Å². The molecule has 0 unspecified atom stereocenters. The van der Waals surface area contributed by atoms with E-state index in [0.717, 1.165) is 19.3 Å². The first-order valence-electron chi connectivity index (χ1n) is 5.74. The van der Waals surface area contributed by atoms with Gasteiger partial charge in [0, 0.05) is 13.1 Å². The lowest BCUT2D eigenvalue weighted by molar-refractivity contribution is -0.143. The van der Waals surface area contributed by atoms with Crippen molar-refractivity contribution >= 4 is 5.91 Å². The Bertz CT molecular complexity index is 262. The van der Waals surface area contributed by atoms with E-state index >= 15 is 0 Å². The molecule has 0 aromatic carbocycles. The number of piperidine rings is 1. The van der Waals surface area contributed by atoms with Gasteiger partial charge < -0.3 is 15.7 Å². The minimum Gasteiger partial charge on any atom is -0.390 e. The summed E-state index contributed by atoms with van der Waals surface area (Å²) < 4.78 is 0. The highest BCUT2D eigenvalue weighted by atomic mass is 16.3. The van der Waals surface area contributed by atoms with Crippen molar-refractivity contribution in [2.24, 2.45) is 5.73 Å². The van der Waals surface area contributed by atoms with Crippen LogP contribution in [0.3, 0.4) is 0 Å². The van der Waals surface area contributed by atoms with Crippen molar-refractivity contribution in [3.8, 4) is 0 Å². The third kappa shape index (κ3) is 2.01. The maximum Gasteiger partial charge on any atom is 0.242 e. The number of rotatable bonds is 1. The number of hydrogen-bond donors (Lipinski definition) is 2. The Morgan fingerprint density at radius 2 is 1.80 bits per heavy atom. The number of aliphatic hydroxyl groups is 1. The predicted octanol–water partition coefficient (Wildman–Crippen LogP) is 0.241. The fraction of sp³-hybridized carbons (Fsp3) is 0.909. The Kier molecular flexibility index (Phi) is 2.51. The van der Waals surface area contributed by atoms with Crippen LogP contribution in [0, 0.1) is 0 Å². The molecular weight excluding hydrogens is 192 g/mol. The standard InChI is InChI=1S/C11H20N2O2/c1-10(15)5-7-13(8-6-10)9(14)11(12)3-2-4-11/h15H,2-8,12H2,1H3. The molecule has 0 aromatic heterocycles. The van der Waals surface area contributed by atoms with Gasteiger partial charge in [-0.1, -0.05) is 0 Å². The lowest BCUT2D eigenvalue weighted by Crippen LogP contribution is -2.61. The van der Waals surface area contributed by atoms with Crippen molar-refractivity contribution in [1.29, 1.82) is 0 Å². The first-order valence-corrected chi connectivity index (χ1v) is 5.74. The van der Waals surface area contributed by atoms with Crippen LogP contribution < -0.4 is 5.73 Å². The van der Waals surface area contributed by atoms with Crippen LogP contribution in [0.15, 0.2) is 0 Å². The number of carbonyl (C=O) groups excluding carboxylic acids is 1. The fourth-order valence-corrected chi connectivity index (χ4v) is 2.28. The Morgan fingerprint density at radius 3 is 2.20 bits per heavy atom. The van der Waals surface area contributed by atoms with E-state index < -0.39 is 11.1 Å². The summed E-state index contributed by atoms with van der Waals surface area (Å²) in [6, 6.07) is 0. The second kappa shape index (κ2) is 3.46. The summed E-state index contributed by atoms with van der Waals surface area (Å²) in [7, 11) is 0. The second-order valence-electron chi connectivity index (χ2n) is 5.30. The van der Waals surface area contributed by atoms with Crippen molar-refractivity contribution in [3.63, 3.8) is 0 Å². The second-order valence-corrected chi connectivity index (χ2v) is 5.30. The van der Waals surface area contributed by atoms with Crippen LogP contribution in [-0.2, 0) is 4.79 Å². The number of carbonyl (C=O) groups is 1. The van der Waals surface area contributed by atoms with E-state index in [4.69, 9.17) is 5.73 Å². The maximum absolute atomic E-state index is 12.0. The molecule has 4 nitrogen and oxygen atoms in total. The van der Waals surface area contributed by atoms with E-state index in [1.165, 1.54) is 0 Å². The molecular formula is C11H20N2O2. The van der Waals surface area contributed by atoms with E-state index in [9.17, 15) is 9.90 Å². The van der Waals surface area contributed by atoms with Gasteiger partial charge in [0.05, 0.1) is 11.1 Å². The van der Waals surface area contributed by atoms with Gasteiger partial charge in [0.1, 0.15) is 0 Å². The Labute approximate surface area is 90.4 Å². The first kappa shape index (κ1) is 10.9. The number of nitrogens with zero attached hydrogens (tertiary/aromatic N) is 1. The molecule has 0 spiro atoms. The summed E-state index contributed by atoms with van der Waals surface area (Å²) in [5.74, 6) is 0.0873. The van der Waals surface area contributed by atoms with Crippen molar-refractivity contribution in [2.75, 3.05) is 13.1 Å². The largest absolute Gasteiger partial charge is 0.390 e. The zero-order valence-corrected chi connectivity index (χ0v) is 9.33. The maximum atomic E-state index is 12.0. The van der Waals surface area contributed by atoms with Gasteiger partial charge in [0.2, 0.25) is 5.91 Å². The normalized spacial score (nSPS) is 28.3. The molecule has 1 aliphatic carbocycles. The van der Waals surface area contributed by atoms with Gasteiger partial charge >= 0.3 is 0 Å². The molecule has 0 bridgehead atoms. The number of nitrogens with two attached hydrogens (primary N) is 1. The van der Waals surface area contributed by atoms with Crippen molar-refractivity contribution < 1.29 is 9.90 Å². The summed E-state index contributed by atoms with van der Waals surface area (Å²) >= 11 is 0. The highest BCUT2D eigenvalue weighted by molar-refractivity contribution is 5.87. The lowest BCUT2D eigenvalue weighted by Gasteiger charge is -2.43. The molecule has 2 fully saturated rings. The van der Waals surface area contributed by atoms with Gasteiger partial charge in [-0.05, 0) is 39.0 Å². The van der Waals surface area contributed by atoms with Crippen molar-refractivity contribution in [1.82, 2.24) is 4.90 Å². The summed E-state index contributed by atoms with van der Waals surface area (Å²) in [4.78, 5) is 13.8. The Morgan fingerprint density at radius 1 is 1.27 bits per heavy atom. The minimum atomic E-state index is -0.599. The summed E-state index contributed by atoms with van der Waals surface area (Å²) in [6.07, 6.45) is 4.02. The third-order valence-electron chi connectivity index (χ3n) is 3.80. The molecule has 0 aromatic rings. The molecule has 3 N–H and O–H groups in total. The smallest absolute Gasteiger partial charge is 0.242 e. The summed E-state index contributed by atoms with van der Waals surface area (Å²) in [6.45, 7) is 3.12. The minimum absolute atomic E-state index is 0.0873. The SMILES string of the molecule is CC1(O)CCN(C(=O)C2(N)CCC2)CC1. The average Bonchev–Trinajstić information content (AvgIpc) is 2.13. The van der Waals surface area contributed by atoms with Crippen LogP contribution in [0.2, 0.25) is 0 Å². The van der Waals surface area contributed by atoms with Crippen LogP contribution in [-0.4, -0.2) is 40.1 Å². The molecule has 15 heavy (non-hydrogen) atoms. The topological polar surface area (TPSA) is 66.6 Å². The van der Waals surface area contributed by atoms with E-state index in [1.807, 2.05) is 11.8 Å². The average molecular weight is 212 g/mol. The van der Waals surface area contributed by atoms with Crippen LogP contribution in [0.5, 0.6) is 0 Å². The van der Waals surface area contributed by atoms with Gasteiger partial charge in [-0.25, -0.2) is 0 Å². The van der Waals surface area contributed by atoms with Gasteiger partial charge in [-0.2, -0.15) is 0 Å². The third-order valence-corrected chi connectivity index (χ3v) is 3.80. The molecule has 1 saturated heterocycles. The van der Waals surface area contributed by atoms with Gasteiger partial charge in [0.15, 0.2) is 0 Å². The highest BCUT2D eigenvalue weighted by Gasteiger charge is 2.44. The molecule has 0 radical (unpaired) electrons. The highest BCUT2D eigenvalue weighted by Crippen LogP contribution is 2.32. The van der Waals surface area contributed by atoms with Crippen LogP contribution in [0.25, 0.3) is 0 Å². The molecule has 1 aliphatic heterocycles. The van der Waals surface area contributed by atoms with Gasteiger partial charge in [-0.15, -0.1) is 0 Å². The van der Waals surface area contributed by atoms with Crippen LogP contribution in [0.1, 0.15) is 39.0 Å². The molecule has 86 valence electrons. The molecule has 2 rings (SSSR count). The number of likely N-dealkylation sites (tertiary alicyclic amines) is 1. The quantitative estimate of drug-likeness (QED) is 0.654. The van der Waals surface area contributed by atoms with E-state index in [2.05, 4.69) is 0 Å². The monoisotopic (exact) mass is 212 g/mol. The molecule has 1 heterocycles. The number of amides is 1. The molecule has 0 atom stereocenters. The van der Waals surface area contributed by atoms with Gasteiger partial charge in [-0.3, -0.25) is 4.79 Å². The Hall–Kier alpha value is -0.610. The fourth-order valence-electron chi connectivity index (χ4n) is 2.28. The van der Waals surface area contributed by atoms with Crippen LogP contribution >= 0.6 is 0 Å². The summed E-state index contributed by atoms with van der Waals surface area (Å²) in [5, 5.41) is 9.78. The molecule has 2 aliphatic rings. The predicted molar refractivity (Wildman–Crippen MR) is 57.2 cm³/mol. The zero-order chi connectivity index (χ0) is 11.1. The molecule has 1 saturated carbocycles. The lowest BCUT2D eigenvalue weighted by atomic mass is 9.76. The van der Waals surface area contributed by atoms with E-state index in [-0.39, 0.29) is 5.91 Å². The van der Waals surface area contributed by atoms with Gasteiger partial charge in [0.25, 0.3) is 0 Å². The number of hydrogen-bond acceptors (Lipinski definition) is 3. The first-order chi connectivity index (χ1) is 6.93. The van der Waals surface area contributed by atoms with E-state index in [1.54, 1.807) is 0 Å².